The van der Waals surface area contributed by atoms with Gasteiger partial charge in [-0.05, 0) is 42.5 Å². The van der Waals surface area contributed by atoms with E-state index in [0.29, 0.717) is 18.9 Å². The Balaban J connectivity index is 0.00000117. The van der Waals surface area contributed by atoms with Gasteiger partial charge in [-0.2, -0.15) is 5.10 Å². The van der Waals surface area contributed by atoms with E-state index in [1.807, 2.05) is 44.2 Å². The summed E-state index contributed by atoms with van der Waals surface area (Å²) in [6.45, 7) is 6.19. The van der Waals surface area contributed by atoms with E-state index in [2.05, 4.69) is 20.5 Å². The van der Waals surface area contributed by atoms with Crippen LogP contribution in [0.3, 0.4) is 0 Å². The lowest BCUT2D eigenvalue weighted by atomic mass is 10.0. The predicted octanol–water partition coefficient (Wildman–Crippen LogP) is 3.21. The Labute approximate surface area is 172 Å². The number of hydrogen-bond acceptors (Lipinski definition) is 4. The van der Waals surface area contributed by atoms with Gasteiger partial charge in [0.05, 0.1) is 17.9 Å². The van der Waals surface area contributed by atoms with Gasteiger partial charge in [0.2, 0.25) is 6.41 Å². The van der Waals surface area contributed by atoms with Crippen molar-refractivity contribution >= 4 is 17.9 Å². The minimum Gasteiger partial charge on any atom is -0.388 e. The van der Waals surface area contributed by atoms with Crippen LogP contribution in [0.4, 0.5) is 5.69 Å². The second-order valence-electron chi connectivity index (χ2n) is 7.12. The smallest absolute Gasteiger partial charge is 0.210 e. The van der Waals surface area contributed by atoms with Gasteiger partial charge in [0.25, 0.3) is 0 Å². The van der Waals surface area contributed by atoms with Gasteiger partial charge in [0.15, 0.2) is 0 Å². The molecule has 1 aromatic carbocycles. The lowest BCUT2D eigenvalue weighted by molar-refractivity contribution is -0.117. The van der Waals surface area contributed by atoms with Crippen molar-refractivity contribution < 1.29 is 4.79 Å². The third kappa shape index (κ3) is 5.47. The minimum atomic E-state index is 0.467. The van der Waals surface area contributed by atoms with Gasteiger partial charge in [-0.3, -0.25) is 9.89 Å². The van der Waals surface area contributed by atoms with E-state index in [4.69, 9.17) is 5.73 Å². The molecule has 0 bridgehead atoms. The number of nitrogens with two attached hydrogens (primary N) is 1. The summed E-state index contributed by atoms with van der Waals surface area (Å²) in [6, 6.07) is 9.76. The molecule has 1 aliphatic heterocycles. The third-order valence-corrected chi connectivity index (χ3v) is 5.06. The molecule has 7 heteroatoms. The van der Waals surface area contributed by atoms with Crippen molar-refractivity contribution in [2.45, 2.75) is 33.1 Å². The van der Waals surface area contributed by atoms with Gasteiger partial charge in [0, 0.05) is 37.0 Å². The molecule has 1 aliphatic carbocycles. The van der Waals surface area contributed by atoms with Gasteiger partial charge in [-0.1, -0.05) is 26.0 Å². The SMILES string of the molecule is CC.NC(=Nc1ccc(-c2ccn[nH]2)cc1)C1=C(NCC2CC2)CCN(C=O)C1. The summed E-state index contributed by atoms with van der Waals surface area (Å²) < 4.78 is 0. The van der Waals surface area contributed by atoms with Crippen LogP contribution in [0, 0.1) is 5.92 Å². The van der Waals surface area contributed by atoms with Crippen LogP contribution >= 0.6 is 0 Å². The summed E-state index contributed by atoms with van der Waals surface area (Å²) in [7, 11) is 0. The first-order valence-corrected chi connectivity index (χ1v) is 10.3. The molecule has 0 unspecified atom stereocenters. The lowest BCUT2D eigenvalue weighted by Crippen LogP contribution is -2.38. The Kier molecular flexibility index (Phi) is 7.05. The molecule has 7 nitrogen and oxygen atoms in total. The number of aliphatic imine (C=N–C) groups is 1. The Morgan fingerprint density at radius 2 is 2.07 bits per heavy atom. The van der Waals surface area contributed by atoms with Crippen molar-refractivity contribution in [1.82, 2.24) is 20.4 Å². The van der Waals surface area contributed by atoms with Crippen LogP contribution in [-0.4, -0.2) is 47.0 Å². The van der Waals surface area contributed by atoms with Crippen LogP contribution in [0.15, 0.2) is 52.8 Å². The first-order chi connectivity index (χ1) is 14.2. The average molecular weight is 395 g/mol. The van der Waals surface area contributed by atoms with Crippen LogP contribution < -0.4 is 11.1 Å². The summed E-state index contributed by atoms with van der Waals surface area (Å²) in [5.74, 6) is 1.24. The molecule has 1 fully saturated rings. The first-order valence-electron chi connectivity index (χ1n) is 10.3. The Morgan fingerprint density at radius 3 is 2.69 bits per heavy atom. The number of nitrogens with zero attached hydrogens (tertiary/aromatic N) is 3. The highest BCUT2D eigenvalue weighted by molar-refractivity contribution is 6.00. The minimum absolute atomic E-state index is 0.467. The highest BCUT2D eigenvalue weighted by Crippen LogP contribution is 2.29. The molecule has 0 saturated heterocycles. The molecular weight excluding hydrogens is 364 g/mol. The molecule has 1 aromatic heterocycles. The van der Waals surface area contributed by atoms with Crippen molar-refractivity contribution in [2.75, 3.05) is 19.6 Å². The third-order valence-electron chi connectivity index (χ3n) is 5.06. The Bertz CT molecular complexity index is 850. The standard InChI is InChI=1S/C20H24N6O.C2H6/c21-20(24-16-5-3-15(4-6-16)18-7-9-23-25-18)17-12-26(13-27)10-8-19(17)22-11-14-1-2-14;1-2/h3-7,9,13-14,22H,1-2,8,10-12H2,(H2,21,24)(H,23,25);1-2H3. The van der Waals surface area contributed by atoms with E-state index in [0.717, 1.165) is 53.5 Å². The summed E-state index contributed by atoms with van der Waals surface area (Å²) in [5.41, 5.74) is 11.2. The van der Waals surface area contributed by atoms with Crippen molar-refractivity contribution in [3.05, 3.63) is 47.8 Å². The van der Waals surface area contributed by atoms with Gasteiger partial charge < -0.3 is 16.0 Å². The summed E-state index contributed by atoms with van der Waals surface area (Å²) >= 11 is 0. The number of amidine groups is 1. The van der Waals surface area contributed by atoms with Crippen LogP contribution in [0.25, 0.3) is 11.3 Å². The number of carbonyl (C=O) groups excluding carboxylic acids is 1. The fraction of sp³-hybridized carbons (Fsp3) is 0.409. The van der Waals surface area contributed by atoms with E-state index in [1.165, 1.54) is 12.8 Å². The Hall–Kier alpha value is -3.09. The molecule has 4 rings (SSSR count). The normalized spacial score (nSPS) is 16.9. The quantitative estimate of drug-likeness (QED) is 0.381. The molecular formula is C22H30N6O. The number of nitrogens with one attached hydrogen (secondary N) is 2. The maximum absolute atomic E-state index is 11.2. The van der Waals surface area contributed by atoms with Crippen molar-refractivity contribution in [3.63, 3.8) is 0 Å². The maximum Gasteiger partial charge on any atom is 0.210 e. The molecule has 0 spiro atoms. The van der Waals surface area contributed by atoms with Gasteiger partial charge in [-0.15, -0.1) is 0 Å². The van der Waals surface area contributed by atoms with E-state index in [9.17, 15) is 4.79 Å². The fourth-order valence-corrected chi connectivity index (χ4v) is 3.23. The molecule has 0 radical (unpaired) electrons. The summed E-state index contributed by atoms with van der Waals surface area (Å²) in [6.07, 6.45) is 5.98. The van der Waals surface area contributed by atoms with Gasteiger partial charge in [-0.25, -0.2) is 4.99 Å². The highest BCUT2D eigenvalue weighted by atomic mass is 16.1. The molecule has 1 amide bonds. The van der Waals surface area contributed by atoms with Crippen LogP contribution in [0.2, 0.25) is 0 Å². The zero-order valence-electron chi connectivity index (χ0n) is 17.2. The molecule has 2 aliphatic rings. The topological polar surface area (TPSA) is 99.4 Å². The fourth-order valence-electron chi connectivity index (χ4n) is 3.23. The number of amides is 1. The van der Waals surface area contributed by atoms with E-state index in [1.54, 1.807) is 11.1 Å². The first kappa shape index (κ1) is 20.6. The second kappa shape index (κ2) is 9.91. The zero-order valence-corrected chi connectivity index (χ0v) is 17.2. The summed E-state index contributed by atoms with van der Waals surface area (Å²) in [4.78, 5) is 17.5. The van der Waals surface area contributed by atoms with Crippen molar-refractivity contribution in [1.29, 1.82) is 0 Å². The summed E-state index contributed by atoms with van der Waals surface area (Å²) in [5, 5.41) is 10.5. The monoisotopic (exact) mass is 394 g/mol. The van der Waals surface area contributed by atoms with Crippen LogP contribution in [0.5, 0.6) is 0 Å². The van der Waals surface area contributed by atoms with E-state index >= 15 is 0 Å². The highest BCUT2D eigenvalue weighted by Gasteiger charge is 2.24. The zero-order chi connectivity index (χ0) is 20.6. The number of aromatic amines is 1. The molecule has 2 heterocycles. The van der Waals surface area contributed by atoms with Crippen molar-refractivity contribution in [2.24, 2.45) is 16.6 Å². The number of aromatic nitrogens is 2. The van der Waals surface area contributed by atoms with Crippen molar-refractivity contribution in [3.8, 4) is 11.3 Å². The molecule has 29 heavy (non-hydrogen) atoms. The van der Waals surface area contributed by atoms with E-state index < -0.39 is 0 Å². The van der Waals surface area contributed by atoms with Gasteiger partial charge >= 0.3 is 0 Å². The maximum atomic E-state index is 11.2. The average Bonchev–Trinajstić information content (AvgIpc) is 3.44. The molecule has 4 N–H and O–H groups in total. The molecule has 0 atom stereocenters. The van der Waals surface area contributed by atoms with E-state index in [-0.39, 0.29) is 0 Å². The van der Waals surface area contributed by atoms with Crippen LogP contribution in [-0.2, 0) is 4.79 Å². The van der Waals surface area contributed by atoms with Gasteiger partial charge in [0.1, 0.15) is 5.84 Å². The lowest BCUT2D eigenvalue weighted by Gasteiger charge is -2.28. The predicted molar refractivity (Wildman–Crippen MR) is 117 cm³/mol. The molecule has 1 saturated carbocycles. The number of hydrogen-bond donors (Lipinski definition) is 3. The second-order valence-corrected chi connectivity index (χ2v) is 7.12. The molecule has 2 aromatic rings. The number of benzene rings is 1. The number of H-pyrrole nitrogens is 1. The Morgan fingerprint density at radius 1 is 1.31 bits per heavy atom. The number of rotatable bonds is 7. The molecule has 154 valence electrons. The van der Waals surface area contributed by atoms with Crippen LogP contribution in [0.1, 0.15) is 33.1 Å². The number of carbonyl (C=O) groups is 1. The largest absolute Gasteiger partial charge is 0.388 e.